The highest BCUT2D eigenvalue weighted by atomic mass is 16.8. The fraction of sp³-hybridized carbons (Fsp3) is 0.875. The van der Waals surface area contributed by atoms with Gasteiger partial charge in [0.1, 0.15) is 12.2 Å². The average Bonchev–Trinajstić information content (AvgIpc) is 2.28. The Hall–Kier alpha value is -0.610. The second kappa shape index (κ2) is 2.00. The van der Waals surface area contributed by atoms with Gasteiger partial charge in [0.2, 0.25) is 0 Å². The maximum atomic E-state index is 11.1. The van der Waals surface area contributed by atoms with Gasteiger partial charge in [0.25, 0.3) is 0 Å². The number of ether oxygens (including phenoxy) is 3. The lowest BCUT2D eigenvalue weighted by Gasteiger charge is -2.21. The Balaban J connectivity index is 2.28. The van der Waals surface area contributed by atoms with Crippen molar-refractivity contribution in [3.8, 4) is 0 Å². The molecular formula is C8H12O4. The molecule has 2 atom stereocenters. The molecule has 0 unspecified atom stereocenters. The van der Waals surface area contributed by atoms with Gasteiger partial charge in [0, 0.05) is 0 Å². The molecule has 2 saturated heterocycles. The van der Waals surface area contributed by atoms with E-state index in [0.29, 0.717) is 6.61 Å². The van der Waals surface area contributed by atoms with Crippen LogP contribution in [0.3, 0.4) is 0 Å². The van der Waals surface area contributed by atoms with Crippen LogP contribution < -0.4 is 0 Å². The van der Waals surface area contributed by atoms with Crippen molar-refractivity contribution in [2.45, 2.75) is 38.3 Å². The molecule has 2 fully saturated rings. The van der Waals surface area contributed by atoms with E-state index in [1.807, 2.05) is 6.92 Å². The molecule has 0 bridgehead atoms. The molecule has 0 aromatic carbocycles. The third-order valence-electron chi connectivity index (χ3n) is 2.15. The molecule has 2 rings (SSSR count). The number of rotatable bonds is 0. The average molecular weight is 172 g/mol. The van der Waals surface area contributed by atoms with E-state index in [-0.39, 0.29) is 5.97 Å². The van der Waals surface area contributed by atoms with Crippen molar-refractivity contribution < 1.29 is 19.0 Å². The lowest BCUT2D eigenvalue weighted by Crippen LogP contribution is -2.36. The van der Waals surface area contributed by atoms with E-state index in [1.54, 1.807) is 13.8 Å². The molecule has 2 heterocycles. The van der Waals surface area contributed by atoms with Crippen LogP contribution in [0, 0.1) is 0 Å². The van der Waals surface area contributed by atoms with Crippen LogP contribution in [0.1, 0.15) is 20.8 Å². The molecule has 0 spiro atoms. The molecule has 0 aromatic heterocycles. The molecule has 2 aliphatic rings. The standard InChI is InChI=1S/C8H12O4/c1-7(2)11-5-6(9)10-4-8(5,3)12-7/h5H,4H2,1-3H3/t5-,8+/m1/s1. The number of hydrogen-bond donors (Lipinski definition) is 0. The van der Waals surface area contributed by atoms with Gasteiger partial charge in [-0.3, -0.25) is 0 Å². The van der Waals surface area contributed by atoms with Crippen LogP contribution in [0.5, 0.6) is 0 Å². The Labute approximate surface area is 70.8 Å². The first-order valence-electron chi connectivity index (χ1n) is 3.98. The molecule has 0 aromatic rings. The zero-order valence-electron chi connectivity index (χ0n) is 7.42. The third-order valence-corrected chi connectivity index (χ3v) is 2.15. The molecule has 0 aliphatic carbocycles. The lowest BCUT2D eigenvalue weighted by molar-refractivity contribution is -0.187. The topological polar surface area (TPSA) is 44.8 Å². The SMILES string of the molecule is CC1(C)O[C@@H]2C(=O)OC[C@]2(C)O1. The molecule has 0 amide bonds. The van der Waals surface area contributed by atoms with Crippen molar-refractivity contribution in [2.75, 3.05) is 6.61 Å². The third kappa shape index (κ3) is 0.949. The predicted molar refractivity (Wildman–Crippen MR) is 39.4 cm³/mol. The van der Waals surface area contributed by atoms with Gasteiger partial charge in [-0.2, -0.15) is 0 Å². The second-order valence-electron chi connectivity index (χ2n) is 3.92. The van der Waals surface area contributed by atoms with E-state index < -0.39 is 17.5 Å². The van der Waals surface area contributed by atoms with E-state index in [4.69, 9.17) is 14.2 Å². The fourth-order valence-electron chi connectivity index (χ4n) is 1.74. The van der Waals surface area contributed by atoms with Crippen LogP contribution >= 0.6 is 0 Å². The summed E-state index contributed by atoms with van der Waals surface area (Å²) in [6.45, 7) is 5.71. The van der Waals surface area contributed by atoms with Crippen LogP contribution in [0.2, 0.25) is 0 Å². The minimum Gasteiger partial charge on any atom is -0.460 e. The first kappa shape index (κ1) is 8.01. The lowest BCUT2D eigenvalue weighted by atomic mass is 10.0. The van der Waals surface area contributed by atoms with Crippen LogP contribution in [0.15, 0.2) is 0 Å². The highest BCUT2D eigenvalue weighted by Crippen LogP contribution is 2.40. The van der Waals surface area contributed by atoms with Gasteiger partial charge >= 0.3 is 5.97 Å². The summed E-state index contributed by atoms with van der Waals surface area (Å²) in [7, 11) is 0. The van der Waals surface area contributed by atoms with Gasteiger partial charge in [-0.15, -0.1) is 0 Å². The first-order chi connectivity index (χ1) is 5.43. The van der Waals surface area contributed by atoms with Crippen molar-refractivity contribution in [2.24, 2.45) is 0 Å². The van der Waals surface area contributed by atoms with Gasteiger partial charge in [-0.1, -0.05) is 0 Å². The molecule has 68 valence electrons. The highest BCUT2D eigenvalue weighted by molar-refractivity contribution is 5.79. The van der Waals surface area contributed by atoms with Crippen molar-refractivity contribution in [3.63, 3.8) is 0 Å². The van der Waals surface area contributed by atoms with Gasteiger partial charge in [-0.05, 0) is 20.8 Å². The van der Waals surface area contributed by atoms with Crippen LogP contribution in [0.4, 0.5) is 0 Å². The van der Waals surface area contributed by atoms with E-state index in [9.17, 15) is 4.79 Å². The van der Waals surface area contributed by atoms with Crippen LogP contribution in [-0.2, 0) is 19.0 Å². The number of cyclic esters (lactones) is 1. The first-order valence-corrected chi connectivity index (χ1v) is 3.98. The molecule has 2 aliphatic heterocycles. The molecule has 12 heavy (non-hydrogen) atoms. The summed E-state index contributed by atoms with van der Waals surface area (Å²) < 4.78 is 15.8. The van der Waals surface area contributed by atoms with Gasteiger partial charge in [-0.25, -0.2) is 4.79 Å². The minimum atomic E-state index is -0.668. The normalized spacial score (nSPS) is 44.2. The summed E-state index contributed by atoms with van der Waals surface area (Å²) in [5.74, 6) is -0.984. The Morgan fingerprint density at radius 1 is 1.42 bits per heavy atom. The Bertz CT molecular complexity index is 235. The summed E-state index contributed by atoms with van der Waals surface area (Å²) in [6.07, 6.45) is -0.549. The minimum absolute atomic E-state index is 0.292. The maximum Gasteiger partial charge on any atom is 0.338 e. The number of esters is 1. The summed E-state index contributed by atoms with van der Waals surface area (Å²) in [6, 6.07) is 0. The molecule has 0 N–H and O–H groups in total. The van der Waals surface area contributed by atoms with E-state index in [2.05, 4.69) is 0 Å². The summed E-state index contributed by atoms with van der Waals surface area (Å²) in [5.41, 5.74) is -0.583. The smallest absolute Gasteiger partial charge is 0.338 e. The quantitative estimate of drug-likeness (QED) is 0.498. The Kier molecular flexibility index (Phi) is 1.34. The van der Waals surface area contributed by atoms with Gasteiger partial charge < -0.3 is 14.2 Å². The van der Waals surface area contributed by atoms with Crippen molar-refractivity contribution >= 4 is 5.97 Å². The molecular weight excluding hydrogens is 160 g/mol. The van der Waals surface area contributed by atoms with Crippen LogP contribution in [-0.4, -0.2) is 30.1 Å². The van der Waals surface area contributed by atoms with Gasteiger partial charge in [0.05, 0.1) is 0 Å². The zero-order valence-corrected chi connectivity index (χ0v) is 7.42. The Morgan fingerprint density at radius 2 is 2.08 bits per heavy atom. The van der Waals surface area contributed by atoms with E-state index in [1.165, 1.54) is 0 Å². The molecule has 0 radical (unpaired) electrons. The monoisotopic (exact) mass is 172 g/mol. The molecule has 4 nitrogen and oxygen atoms in total. The number of hydrogen-bond acceptors (Lipinski definition) is 4. The largest absolute Gasteiger partial charge is 0.460 e. The number of fused-ring (bicyclic) bond motifs is 1. The highest BCUT2D eigenvalue weighted by Gasteiger charge is 2.59. The number of carbonyl (C=O) groups is 1. The van der Waals surface area contributed by atoms with Crippen molar-refractivity contribution in [1.29, 1.82) is 0 Å². The summed E-state index contributed by atoms with van der Waals surface area (Å²) in [4.78, 5) is 11.1. The van der Waals surface area contributed by atoms with Crippen molar-refractivity contribution in [1.82, 2.24) is 0 Å². The zero-order chi connectivity index (χ0) is 8.98. The van der Waals surface area contributed by atoms with Crippen molar-refractivity contribution in [3.05, 3.63) is 0 Å². The van der Waals surface area contributed by atoms with E-state index in [0.717, 1.165) is 0 Å². The fourth-order valence-corrected chi connectivity index (χ4v) is 1.74. The summed E-state index contributed by atoms with van der Waals surface area (Å²) in [5, 5.41) is 0. The van der Waals surface area contributed by atoms with Gasteiger partial charge in [0.15, 0.2) is 11.9 Å². The number of carbonyl (C=O) groups excluding carboxylic acids is 1. The van der Waals surface area contributed by atoms with Crippen LogP contribution in [0.25, 0.3) is 0 Å². The maximum absolute atomic E-state index is 11.1. The second-order valence-corrected chi connectivity index (χ2v) is 3.92. The Morgan fingerprint density at radius 3 is 2.67 bits per heavy atom. The van der Waals surface area contributed by atoms with E-state index >= 15 is 0 Å². The summed E-state index contributed by atoms with van der Waals surface area (Å²) >= 11 is 0. The predicted octanol–water partition coefficient (Wildman–Crippen LogP) is 0.453. The molecule has 4 heteroatoms. The molecule has 0 saturated carbocycles.